The molecule has 4 heteroatoms. The summed E-state index contributed by atoms with van der Waals surface area (Å²) in [5.74, 6) is 5.45. The van der Waals surface area contributed by atoms with Crippen LogP contribution in [0.1, 0.15) is 13.3 Å². The number of amides is 1. The molecule has 0 fully saturated rings. The fourth-order valence-corrected chi connectivity index (χ4v) is 1.08. The van der Waals surface area contributed by atoms with E-state index in [-0.39, 0.29) is 5.91 Å². The number of anilines is 1. The van der Waals surface area contributed by atoms with E-state index in [9.17, 15) is 4.79 Å². The van der Waals surface area contributed by atoms with E-state index >= 15 is 0 Å². The second-order valence-corrected chi connectivity index (χ2v) is 3.15. The van der Waals surface area contributed by atoms with Gasteiger partial charge < -0.3 is 0 Å². The van der Waals surface area contributed by atoms with E-state index in [1.807, 2.05) is 0 Å². The molecule has 1 rings (SSSR count). The predicted molar refractivity (Wildman–Crippen MR) is 55.7 cm³/mol. The Balaban J connectivity index is 2.83. The predicted octanol–water partition coefficient (Wildman–Crippen LogP) is 1.59. The maximum Gasteiger partial charge on any atom is 0.240 e. The summed E-state index contributed by atoms with van der Waals surface area (Å²) in [6.07, 6.45) is 0.402. The average Bonchev–Trinajstić information content (AvgIpc) is 2.17. The van der Waals surface area contributed by atoms with Crippen molar-refractivity contribution in [2.75, 3.05) is 5.01 Å². The molecule has 0 aliphatic heterocycles. The molecule has 0 spiro atoms. The molecule has 0 aliphatic carbocycles. The van der Waals surface area contributed by atoms with Gasteiger partial charge in [0.2, 0.25) is 5.91 Å². The molecule has 0 aromatic heterocycles. The first-order chi connectivity index (χ1) is 6.15. The second-order valence-electron chi connectivity index (χ2n) is 2.63. The Bertz CT molecular complexity index is 297. The van der Waals surface area contributed by atoms with Gasteiger partial charge >= 0.3 is 0 Å². The van der Waals surface area contributed by atoms with Crippen LogP contribution < -0.4 is 10.9 Å². The van der Waals surface area contributed by atoms with Gasteiger partial charge in [-0.2, -0.15) is 0 Å². The molecule has 0 unspecified atom stereocenters. The minimum absolute atomic E-state index is 0.105. The van der Waals surface area contributed by atoms with Gasteiger partial charge in [0.1, 0.15) is 0 Å². The molecule has 0 aliphatic rings. The van der Waals surface area contributed by atoms with Crippen LogP contribution in [-0.2, 0) is 4.79 Å². The lowest BCUT2D eigenvalue weighted by molar-refractivity contribution is -0.118. The summed E-state index contributed by atoms with van der Waals surface area (Å²) in [6.45, 7) is 1.77. The van der Waals surface area contributed by atoms with Crippen molar-refractivity contribution in [3.63, 3.8) is 0 Å². The largest absolute Gasteiger partial charge is 0.273 e. The first-order valence-electron chi connectivity index (χ1n) is 4.02. The van der Waals surface area contributed by atoms with Crippen LogP contribution in [0.15, 0.2) is 29.2 Å². The summed E-state index contributed by atoms with van der Waals surface area (Å²) >= 11 is 4.13. The Hall–Kier alpha value is -1.00. The Labute approximate surface area is 82.9 Å². The number of nitrogens with two attached hydrogens (primary N) is 1. The van der Waals surface area contributed by atoms with Gasteiger partial charge in [0.05, 0.1) is 5.69 Å². The molecule has 1 aromatic rings. The third kappa shape index (κ3) is 2.47. The van der Waals surface area contributed by atoms with Crippen molar-refractivity contribution in [3.8, 4) is 0 Å². The van der Waals surface area contributed by atoms with E-state index in [2.05, 4.69) is 12.6 Å². The van der Waals surface area contributed by atoms with E-state index in [0.29, 0.717) is 12.1 Å². The first-order valence-corrected chi connectivity index (χ1v) is 4.46. The highest BCUT2D eigenvalue weighted by atomic mass is 32.1. The maximum atomic E-state index is 11.2. The summed E-state index contributed by atoms with van der Waals surface area (Å²) < 4.78 is 0. The van der Waals surface area contributed by atoms with Crippen molar-refractivity contribution in [1.29, 1.82) is 0 Å². The molecule has 0 atom stereocenters. The number of carbonyl (C=O) groups is 1. The lowest BCUT2D eigenvalue weighted by Gasteiger charge is -2.15. The molecule has 0 heterocycles. The van der Waals surface area contributed by atoms with Crippen molar-refractivity contribution in [3.05, 3.63) is 24.3 Å². The molecule has 1 aromatic carbocycles. The quantitative estimate of drug-likeness (QED) is 0.326. The molecular weight excluding hydrogens is 184 g/mol. The summed E-state index contributed by atoms with van der Waals surface area (Å²) in [7, 11) is 0. The van der Waals surface area contributed by atoms with Crippen molar-refractivity contribution in [2.45, 2.75) is 18.2 Å². The van der Waals surface area contributed by atoms with Gasteiger partial charge in [-0.15, -0.1) is 12.6 Å². The van der Waals surface area contributed by atoms with Crippen LogP contribution in [0.2, 0.25) is 0 Å². The van der Waals surface area contributed by atoms with Crippen molar-refractivity contribution >= 4 is 24.2 Å². The van der Waals surface area contributed by atoms with E-state index < -0.39 is 0 Å². The highest BCUT2D eigenvalue weighted by Crippen LogP contribution is 2.14. The van der Waals surface area contributed by atoms with E-state index in [0.717, 1.165) is 9.90 Å². The van der Waals surface area contributed by atoms with Gasteiger partial charge in [-0.05, 0) is 24.3 Å². The number of carbonyl (C=O) groups excluding carboxylic acids is 1. The number of hydrogen-bond acceptors (Lipinski definition) is 3. The Kier molecular flexibility index (Phi) is 3.33. The van der Waals surface area contributed by atoms with Gasteiger partial charge in [0, 0.05) is 11.3 Å². The standard InChI is InChI=1S/C9H12N2OS/c1-2-9(12)11(10)7-3-5-8(13)6-4-7/h3-6,13H,2,10H2,1H3. The molecule has 0 bridgehead atoms. The SMILES string of the molecule is CCC(=O)N(N)c1ccc(S)cc1. The lowest BCUT2D eigenvalue weighted by Crippen LogP contribution is -2.36. The molecule has 0 saturated carbocycles. The number of rotatable bonds is 2. The van der Waals surface area contributed by atoms with E-state index in [1.165, 1.54) is 0 Å². The maximum absolute atomic E-state index is 11.2. The van der Waals surface area contributed by atoms with Gasteiger partial charge in [0.25, 0.3) is 0 Å². The van der Waals surface area contributed by atoms with Crippen LogP contribution in [-0.4, -0.2) is 5.91 Å². The second kappa shape index (κ2) is 4.30. The molecule has 3 nitrogen and oxygen atoms in total. The fourth-order valence-electron chi connectivity index (χ4n) is 0.928. The molecule has 2 N–H and O–H groups in total. The normalized spacial score (nSPS) is 9.77. The van der Waals surface area contributed by atoms with Crippen LogP contribution >= 0.6 is 12.6 Å². The number of hydrazine groups is 1. The molecule has 0 saturated heterocycles. The molecule has 13 heavy (non-hydrogen) atoms. The zero-order valence-corrected chi connectivity index (χ0v) is 8.29. The minimum atomic E-state index is -0.105. The van der Waals surface area contributed by atoms with Crippen molar-refractivity contribution in [2.24, 2.45) is 5.84 Å². The first kappa shape index (κ1) is 10.1. The van der Waals surface area contributed by atoms with Crippen LogP contribution in [0.5, 0.6) is 0 Å². The Morgan fingerprint density at radius 3 is 2.46 bits per heavy atom. The lowest BCUT2D eigenvalue weighted by atomic mass is 10.3. The highest BCUT2D eigenvalue weighted by Gasteiger charge is 2.07. The van der Waals surface area contributed by atoms with Crippen LogP contribution in [0.4, 0.5) is 5.69 Å². The smallest absolute Gasteiger partial charge is 0.240 e. The molecular formula is C9H12N2OS. The minimum Gasteiger partial charge on any atom is -0.273 e. The van der Waals surface area contributed by atoms with Crippen LogP contribution in [0.25, 0.3) is 0 Å². The number of benzene rings is 1. The van der Waals surface area contributed by atoms with Crippen LogP contribution in [0, 0.1) is 0 Å². The zero-order valence-electron chi connectivity index (χ0n) is 7.40. The number of nitrogens with zero attached hydrogens (tertiary/aromatic N) is 1. The fraction of sp³-hybridized carbons (Fsp3) is 0.222. The van der Waals surface area contributed by atoms with Crippen molar-refractivity contribution < 1.29 is 4.79 Å². The molecule has 1 amide bonds. The molecule has 70 valence electrons. The van der Waals surface area contributed by atoms with Gasteiger partial charge in [0.15, 0.2) is 0 Å². The topological polar surface area (TPSA) is 46.3 Å². The number of thiol groups is 1. The van der Waals surface area contributed by atoms with Gasteiger partial charge in [-0.3, -0.25) is 4.79 Å². The third-order valence-electron chi connectivity index (χ3n) is 1.70. The van der Waals surface area contributed by atoms with Gasteiger partial charge in [-0.25, -0.2) is 10.9 Å². The van der Waals surface area contributed by atoms with E-state index in [4.69, 9.17) is 5.84 Å². The van der Waals surface area contributed by atoms with Crippen LogP contribution in [0.3, 0.4) is 0 Å². The Morgan fingerprint density at radius 1 is 1.46 bits per heavy atom. The summed E-state index contributed by atoms with van der Waals surface area (Å²) in [5, 5.41) is 1.15. The summed E-state index contributed by atoms with van der Waals surface area (Å²) in [5.41, 5.74) is 0.685. The zero-order chi connectivity index (χ0) is 9.84. The third-order valence-corrected chi connectivity index (χ3v) is 2.00. The molecule has 0 radical (unpaired) electrons. The monoisotopic (exact) mass is 196 g/mol. The average molecular weight is 196 g/mol. The van der Waals surface area contributed by atoms with E-state index in [1.54, 1.807) is 31.2 Å². The van der Waals surface area contributed by atoms with Gasteiger partial charge in [-0.1, -0.05) is 6.92 Å². The summed E-state index contributed by atoms with van der Waals surface area (Å²) in [4.78, 5) is 12.0. The van der Waals surface area contributed by atoms with Crippen molar-refractivity contribution in [1.82, 2.24) is 0 Å². The highest BCUT2D eigenvalue weighted by molar-refractivity contribution is 7.80. The Morgan fingerprint density at radius 2 is 2.00 bits per heavy atom. The number of hydrogen-bond donors (Lipinski definition) is 2. The summed E-state index contributed by atoms with van der Waals surface area (Å²) in [6, 6.07) is 7.11.